The summed E-state index contributed by atoms with van der Waals surface area (Å²) in [5.74, 6) is -0.695. The standard InChI is InChI=1S/C11H20N2O4/c1-11(2,9(14)15)13(3)10(16)12-6-8-4-5-17-7-8/h8H,4-7H2,1-3H3,(H,12,16)(H,14,15). The number of nitrogens with one attached hydrogen (secondary N) is 1. The molecule has 1 aliphatic heterocycles. The predicted octanol–water partition coefficient (Wildman–Crippen LogP) is 0.527. The summed E-state index contributed by atoms with van der Waals surface area (Å²) < 4.78 is 5.20. The van der Waals surface area contributed by atoms with E-state index in [1.807, 2.05) is 0 Å². The van der Waals surface area contributed by atoms with Crippen LogP contribution in [0, 0.1) is 5.92 Å². The molecule has 6 nitrogen and oxygen atoms in total. The summed E-state index contributed by atoms with van der Waals surface area (Å²) in [5, 5.41) is 11.7. The largest absolute Gasteiger partial charge is 0.480 e. The second kappa shape index (κ2) is 5.35. The molecule has 1 unspecified atom stereocenters. The van der Waals surface area contributed by atoms with Crippen LogP contribution in [0.4, 0.5) is 4.79 Å². The Morgan fingerprint density at radius 3 is 2.65 bits per heavy atom. The first-order chi connectivity index (χ1) is 7.85. The van der Waals surface area contributed by atoms with Crippen LogP contribution in [0.25, 0.3) is 0 Å². The van der Waals surface area contributed by atoms with Crippen molar-refractivity contribution in [2.45, 2.75) is 25.8 Å². The lowest BCUT2D eigenvalue weighted by atomic mass is 10.0. The van der Waals surface area contributed by atoms with E-state index in [2.05, 4.69) is 5.32 Å². The van der Waals surface area contributed by atoms with Crippen LogP contribution in [0.2, 0.25) is 0 Å². The number of rotatable bonds is 4. The van der Waals surface area contributed by atoms with Gasteiger partial charge in [0.15, 0.2) is 0 Å². The number of hydrogen-bond donors (Lipinski definition) is 2. The Kier molecular flexibility index (Phi) is 4.34. The lowest BCUT2D eigenvalue weighted by molar-refractivity contribution is -0.146. The monoisotopic (exact) mass is 244 g/mol. The first-order valence-corrected chi connectivity index (χ1v) is 5.68. The molecule has 1 saturated heterocycles. The summed E-state index contributed by atoms with van der Waals surface area (Å²) in [6, 6.07) is -0.371. The molecule has 98 valence electrons. The molecule has 6 heteroatoms. The van der Waals surface area contributed by atoms with Crippen molar-refractivity contribution in [2.75, 3.05) is 26.8 Å². The van der Waals surface area contributed by atoms with Crippen LogP contribution in [0.3, 0.4) is 0 Å². The Morgan fingerprint density at radius 2 is 2.18 bits per heavy atom. The summed E-state index contributed by atoms with van der Waals surface area (Å²) >= 11 is 0. The molecule has 0 spiro atoms. The molecule has 1 atom stereocenters. The zero-order valence-electron chi connectivity index (χ0n) is 10.5. The number of hydrogen-bond acceptors (Lipinski definition) is 3. The van der Waals surface area contributed by atoms with E-state index in [0.717, 1.165) is 13.0 Å². The maximum Gasteiger partial charge on any atom is 0.329 e. The fourth-order valence-corrected chi connectivity index (χ4v) is 1.49. The van der Waals surface area contributed by atoms with Gasteiger partial charge in [-0.05, 0) is 20.3 Å². The normalized spacial score (nSPS) is 20.1. The molecule has 1 rings (SSSR count). The third-order valence-electron chi connectivity index (χ3n) is 3.23. The molecule has 0 aromatic heterocycles. The molecule has 0 aromatic rings. The maximum absolute atomic E-state index is 11.8. The quantitative estimate of drug-likeness (QED) is 0.756. The molecule has 17 heavy (non-hydrogen) atoms. The Labute approximate surface area is 101 Å². The van der Waals surface area contributed by atoms with E-state index in [1.54, 1.807) is 0 Å². The minimum absolute atomic E-state index is 0.334. The van der Waals surface area contributed by atoms with Gasteiger partial charge in [0.1, 0.15) is 5.54 Å². The van der Waals surface area contributed by atoms with Gasteiger partial charge in [-0.2, -0.15) is 0 Å². The number of carboxylic acid groups (broad SMARTS) is 1. The summed E-state index contributed by atoms with van der Waals surface area (Å²) in [6.07, 6.45) is 0.937. The van der Waals surface area contributed by atoms with Gasteiger partial charge in [-0.3, -0.25) is 0 Å². The fourth-order valence-electron chi connectivity index (χ4n) is 1.49. The van der Waals surface area contributed by atoms with E-state index in [9.17, 15) is 9.59 Å². The number of urea groups is 1. The van der Waals surface area contributed by atoms with Crippen LogP contribution in [0.1, 0.15) is 20.3 Å². The lowest BCUT2D eigenvalue weighted by Crippen LogP contribution is -2.54. The van der Waals surface area contributed by atoms with Gasteiger partial charge >= 0.3 is 12.0 Å². The first-order valence-electron chi connectivity index (χ1n) is 5.68. The van der Waals surface area contributed by atoms with E-state index < -0.39 is 11.5 Å². The molecular formula is C11H20N2O4. The lowest BCUT2D eigenvalue weighted by Gasteiger charge is -2.31. The smallest absolute Gasteiger partial charge is 0.329 e. The van der Waals surface area contributed by atoms with Crippen LogP contribution < -0.4 is 5.32 Å². The Bertz CT molecular complexity index is 298. The molecule has 1 aliphatic rings. The van der Waals surface area contributed by atoms with Gasteiger partial charge in [-0.1, -0.05) is 0 Å². The zero-order chi connectivity index (χ0) is 13.1. The fraction of sp³-hybridized carbons (Fsp3) is 0.818. The highest BCUT2D eigenvalue weighted by Gasteiger charge is 2.35. The zero-order valence-corrected chi connectivity index (χ0v) is 10.5. The average molecular weight is 244 g/mol. The minimum atomic E-state index is -1.21. The van der Waals surface area contributed by atoms with Crippen molar-refractivity contribution < 1.29 is 19.4 Å². The summed E-state index contributed by atoms with van der Waals surface area (Å²) in [6.45, 7) is 4.91. The van der Waals surface area contributed by atoms with Gasteiger partial charge in [0.2, 0.25) is 0 Å². The van der Waals surface area contributed by atoms with E-state index in [1.165, 1.54) is 25.8 Å². The number of ether oxygens (including phenoxy) is 1. The molecule has 2 amide bonds. The predicted molar refractivity (Wildman–Crippen MR) is 61.8 cm³/mol. The summed E-state index contributed by atoms with van der Waals surface area (Å²) in [4.78, 5) is 23.9. The number of carboxylic acids is 1. The van der Waals surface area contributed by atoms with Gasteiger partial charge in [-0.25, -0.2) is 9.59 Å². The highest BCUT2D eigenvalue weighted by atomic mass is 16.5. The molecule has 0 aromatic carbocycles. The van der Waals surface area contributed by atoms with E-state index in [0.29, 0.717) is 19.1 Å². The number of nitrogens with zero attached hydrogens (tertiary/aromatic N) is 1. The van der Waals surface area contributed by atoms with Crippen LogP contribution in [0.5, 0.6) is 0 Å². The van der Waals surface area contributed by atoms with Crippen molar-refractivity contribution in [1.82, 2.24) is 10.2 Å². The number of amides is 2. The molecule has 0 radical (unpaired) electrons. The van der Waals surface area contributed by atoms with Crippen molar-refractivity contribution >= 4 is 12.0 Å². The van der Waals surface area contributed by atoms with E-state index in [-0.39, 0.29) is 6.03 Å². The van der Waals surface area contributed by atoms with E-state index >= 15 is 0 Å². The third kappa shape index (κ3) is 3.33. The van der Waals surface area contributed by atoms with Crippen molar-refractivity contribution in [3.05, 3.63) is 0 Å². The number of carbonyl (C=O) groups is 2. The molecule has 1 fully saturated rings. The van der Waals surface area contributed by atoms with Gasteiger partial charge in [0, 0.05) is 26.1 Å². The topological polar surface area (TPSA) is 78.9 Å². The highest BCUT2D eigenvalue weighted by molar-refractivity contribution is 5.85. The van der Waals surface area contributed by atoms with Crippen molar-refractivity contribution in [3.8, 4) is 0 Å². The number of aliphatic carboxylic acids is 1. The van der Waals surface area contributed by atoms with E-state index in [4.69, 9.17) is 9.84 Å². The summed E-state index contributed by atoms with van der Waals surface area (Å²) in [7, 11) is 1.48. The molecule has 0 aliphatic carbocycles. The molecule has 0 bridgehead atoms. The summed E-state index contributed by atoms with van der Waals surface area (Å²) in [5.41, 5.74) is -1.21. The van der Waals surface area contributed by atoms with Crippen LogP contribution in [-0.2, 0) is 9.53 Å². The maximum atomic E-state index is 11.8. The second-order valence-corrected chi connectivity index (χ2v) is 4.84. The number of likely N-dealkylation sites (N-methyl/N-ethyl adjacent to an activating group) is 1. The minimum Gasteiger partial charge on any atom is -0.480 e. The molecule has 2 N–H and O–H groups in total. The molecule has 1 heterocycles. The van der Waals surface area contributed by atoms with Crippen LogP contribution >= 0.6 is 0 Å². The van der Waals surface area contributed by atoms with Crippen molar-refractivity contribution in [2.24, 2.45) is 5.92 Å². The van der Waals surface area contributed by atoms with Crippen LogP contribution in [0.15, 0.2) is 0 Å². The van der Waals surface area contributed by atoms with Gasteiger partial charge in [-0.15, -0.1) is 0 Å². The third-order valence-corrected chi connectivity index (χ3v) is 3.23. The average Bonchev–Trinajstić information content (AvgIpc) is 2.77. The first kappa shape index (κ1) is 13.8. The molecule has 0 saturated carbocycles. The number of carbonyl (C=O) groups excluding carboxylic acids is 1. The van der Waals surface area contributed by atoms with Gasteiger partial charge in [0.05, 0.1) is 6.61 Å². The molecular weight excluding hydrogens is 224 g/mol. The SMILES string of the molecule is CN(C(=O)NCC1CCOC1)C(C)(C)C(=O)O. The Morgan fingerprint density at radius 1 is 1.53 bits per heavy atom. The Hall–Kier alpha value is -1.30. The van der Waals surface area contributed by atoms with Crippen molar-refractivity contribution in [1.29, 1.82) is 0 Å². The van der Waals surface area contributed by atoms with Gasteiger partial charge < -0.3 is 20.1 Å². The second-order valence-electron chi connectivity index (χ2n) is 4.84. The Balaban J connectivity index is 2.43. The van der Waals surface area contributed by atoms with Crippen molar-refractivity contribution in [3.63, 3.8) is 0 Å². The van der Waals surface area contributed by atoms with Gasteiger partial charge in [0.25, 0.3) is 0 Å². The highest BCUT2D eigenvalue weighted by Crippen LogP contribution is 2.14. The van der Waals surface area contributed by atoms with Crippen LogP contribution in [-0.4, -0.2) is 54.4 Å².